The minimum absolute atomic E-state index is 0.142. The van der Waals surface area contributed by atoms with Crippen molar-refractivity contribution in [3.8, 4) is 5.75 Å². The highest BCUT2D eigenvalue weighted by atomic mass is 16.5. The van der Waals surface area contributed by atoms with Gasteiger partial charge in [0.15, 0.2) is 0 Å². The monoisotopic (exact) mass is 262 g/mol. The molecular formula is C16H22O3. The maximum atomic E-state index is 11.6. The van der Waals surface area contributed by atoms with E-state index < -0.39 is 0 Å². The van der Waals surface area contributed by atoms with E-state index in [2.05, 4.69) is 13.0 Å². The van der Waals surface area contributed by atoms with Crippen LogP contribution in [0.15, 0.2) is 36.4 Å². The Hall–Kier alpha value is -1.77. The number of benzene rings is 1. The molecule has 0 aliphatic rings. The van der Waals surface area contributed by atoms with E-state index in [0.29, 0.717) is 12.2 Å². The molecule has 0 heterocycles. The average molecular weight is 262 g/mol. The van der Waals surface area contributed by atoms with E-state index in [-0.39, 0.29) is 11.7 Å². The highest BCUT2D eigenvalue weighted by Gasteiger charge is 2.04. The summed E-state index contributed by atoms with van der Waals surface area (Å²) in [6.07, 6.45) is 9.95. The number of phenolic OH excluding ortho intramolecular Hbond substituents is 1. The van der Waals surface area contributed by atoms with E-state index in [0.717, 1.165) is 6.42 Å². The summed E-state index contributed by atoms with van der Waals surface area (Å²) in [5.41, 5.74) is 0.453. The van der Waals surface area contributed by atoms with Gasteiger partial charge in [0.25, 0.3) is 0 Å². The molecule has 0 fully saturated rings. The van der Waals surface area contributed by atoms with Crippen LogP contribution in [0.4, 0.5) is 0 Å². The molecule has 0 radical (unpaired) electrons. The van der Waals surface area contributed by atoms with Gasteiger partial charge in [-0.1, -0.05) is 38.3 Å². The van der Waals surface area contributed by atoms with Crippen LogP contribution in [-0.4, -0.2) is 17.7 Å². The van der Waals surface area contributed by atoms with Crippen LogP contribution >= 0.6 is 0 Å². The van der Waals surface area contributed by atoms with Gasteiger partial charge in [-0.05, 0) is 37.1 Å². The second-order valence-electron chi connectivity index (χ2n) is 4.47. The van der Waals surface area contributed by atoms with Crippen molar-refractivity contribution in [1.29, 1.82) is 0 Å². The van der Waals surface area contributed by atoms with Gasteiger partial charge >= 0.3 is 5.97 Å². The van der Waals surface area contributed by atoms with Crippen LogP contribution in [0, 0.1) is 0 Å². The van der Waals surface area contributed by atoms with Crippen molar-refractivity contribution in [2.45, 2.75) is 39.0 Å². The third kappa shape index (κ3) is 6.65. The lowest BCUT2D eigenvalue weighted by molar-refractivity contribution is 0.0549. The molecule has 0 saturated carbocycles. The Morgan fingerprint density at radius 2 is 1.89 bits per heavy atom. The van der Waals surface area contributed by atoms with Crippen LogP contribution in [0.25, 0.3) is 0 Å². The number of aromatic hydroxyl groups is 1. The summed E-state index contributed by atoms with van der Waals surface area (Å²) in [7, 11) is 0. The van der Waals surface area contributed by atoms with E-state index in [9.17, 15) is 4.79 Å². The highest BCUT2D eigenvalue weighted by molar-refractivity contribution is 5.89. The lowest BCUT2D eigenvalue weighted by atomic mass is 10.1. The zero-order valence-electron chi connectivity index (χ0n) is 11.5. The molecule has 1 N–H and O–H groups in total. The maximum Gasteiger partial charge on any atom is 0.338 e. The van der Waals surface area contributed by atoms with E-state index in [1.807, 2.05) is 6.08 Å². The fourth-order valence-electron chi connectivity index (χ4n) is 1.68. The molecular weight excluding hydrogens is 240 g/mol. The summed E-state index contributed by atoms with van der Waals surface area (Å²) in [6, 6.07) is 6.04. The summed E-state index contributed by atoms with van der Waals surface area (Å²) < 4.78 is 5.09. The van der Waals surface area contributed by atoms with E-state index in [1.54, 1.807) is 12.1 Å². The van der Waals surface area contributed by atoms with Crippen molar-refractivity contribution >= 4 is 5.97 Å². The smallest absolute Gasteiger partial charge is 0.338 e. The molecule has 0 bridgehead atoms. The molecule has 0 amide bonds. The van der Waals surface area contributed by atoms with Gasteiger partial charge in [-0.25, -0.2) is 4.79 Å². The average Bonchev–Trinajstić information content (AvgIpc) is 2.42. The second kappa shape index (κ2) is 9.20. The third-order valence-electron chi connectivity index (χ3n) is 2.80. The lowest BCUT2D eigenvalue weighted by Gasteiger charge is -2.01. The summed E-state index contributed by atoms with van der Waals surface area (Å²) in [5, 5.41) is 9.11. The SMILES string of the molecule is CCCCCC/C=C/COC(=O)c1ccc(O)cc1. The minimum Gasteiger partial charge on any atom is -0.508 e. The van der Waals surface area contributed by atoms with Gasteiger partial charge in [-0.3, -0.25) is 0 Å². The van der Waals surface area contributed by atoms with Crippen molar-refractivity contribution in [2.75, 3.05) is 6.61 Å². The van der Waals surface area contributed by atoms with Gasteiger partial charge in [-0.2, -0.15) is 0 Å². The molecule has 1 aromatic rings. The van der Waals surface area contributed by atoms with E-state index >= 15 is 0 Å². The number of esters is 1. The van der Waals surface area contributed by atoms with Crippen LogP contribution in [0.5, 0.6) is 5.75 Å². The first-order chi connectivity index (χ1) is 9.24. The molecule has 104 valence electrons. The normalized spacial score (nSPS) is 10.8. The Morgan fingerprint density at radius 1 is 1.16 bits per heavy atom. The van der Waals surface area contributed by atoms with Crippen molar-refractivity contribution in [3.63, 3.8) is 0 Å². The number of hydrogen-bond donors (Lipinski definition) is 1. The molecule has 0 spiro atoms. The van der Waals surface area contributed by atoms with Crippen LogP contribution in [0.1, 0.15) is 49.4 Å². The first kappa shape index (κ1) is 15.3. The number of unbranched alkanes of at least 4 members (excludes halogenated alkanes) is 4. The zero-order chi connectivity index (χ0) is 13.9. The molecule has 0 saturated heterocycles. The van der Waals surface area contributed by atoms with Crippen molar-refractivity contribution in [2.24, 2.45) is 0 Å². The van der Waals surface area contributed by atoms with Gasteiger partial charge in [-0.15, -0.1) is 0 Å². The van der Waals surface area contributed by atoms with Crippen LogP contribution in [0.2, 0.25) is 0 Å². The van der Waals surface area contributed by atoms with Crippen molar-refractivity contribution < 1.29 is 14.6 Å². The number of phenols is 1. The first-order valence-corrected chi connectivity index (χ1v) is 6.85. The van der Waals surface area contributed by atoms with Gasteiger partial charge in [0.2, 0.25) is 0 Å². The summed E-state index contributed by atoms with van der Waals surface area (Å²) in [5.74, 6) is -0.223. The van der Waals surface area contributed by atoms with Gasteiger partial charge in [0.1, 0.15) is 12.4 Å². The molecule has 3 nitrogen and oxygen atoms in total. The maximum absolute atomic E-state index is 11.6. The largest absolute Gasteiger partial charge is 0.508 e. The van der Waals surface area contributed by atoms with Crippen molar-refractivity contribution in [1.82, 2.24) is 0 Å². The Labute approximate surface area is 114 Å². The predicted molar refractivity (Wildman–Crippen MR) is 76.3 cm³/mol. The van der Waals surface area contributed by atoms with Gasteiger partial charge in [0.05, 0.1) is 5.56 Å². The molecule has 3 heteroatoms. The van der Waals surface area contributed by atoms with E-state index in [1.165, 1.54) is 37.8 Å². The molecule has 1 rings (SSSR count). The van der Waals surface area contributed by atoms with Crippen LogP contribution in [0.3, 0.4) is 0 Å². The minimum atomic E-state index is -0.365. The zero-order valence-corrected chi connectivity index (χ0v) is 11.5. The molecule has 0 atom stereocenters. The second-order valence-corrected chi connectivity index (χ2v) is 4.47. The summed E-state index contributed by atoms with van der Waals surface area (Å²) in [4.78, 5) is 11.6. The fraction of sp³-hybridized carbons (Fsp3) is 0.438. The number of hydrogen-bond acceptors (Lipinski definition) is 3. The molecule has 0 aliphatic heterocycles. The third-order valence-corrected chi connectivity index (χ3v) is 2.80. The molecule has 0 aromatic heterocycles. The number of carbonyl (C=O) groups is 1. The molecule has 0 unspecified atom stereocenters. The van der Waals surface area contributed by atoms with Gasteiger partial charge < -0.3 is 9.84 Å². The number of carbonyl (C=O) groups excluding carboxylic acids is 1. The predicted octanol–water partition coefficient (Wildman–Crippen LogP) is 4.08. The Bertz CT molecular complexity index is 393. The summed E-state index contributed by atoms with van der Waals surface area (Å²) >= 11 is 0. The van der Waals surface area contributed by atoms with Gasteiger partial charge in [0, 0.05) is 0 Å². The summed E-state index contributed by atoms with van der Waals surface area (Å²) in [6.45, 7) is 2.49. The molecule has 19 heavy (non-hydrogen) atoms. The van der Waals surface area contributed by atoms with Crippen LogP contribution in [-0.2, 0) is 4.74 Å². The van der Waals surface area contributed by atoms with E-state index in [4.69, 9.17) is 9.84 Å². The molecule has 1 aromatic carbocycles. The molecule has 0 aliphatic carbocycles. The van der Waals surface area contributed by atoms with Crippen molar-refractivity contribution in [3.05, 3.63) is 42.0 Å². The Balaban J connectivity index is 2.16. The van der Waals surface area contributed by atoms with Crippen LogP contribution < -0.4 is 0 Å². The number of allylic oxidation sites excluding steroid dienone is 1. The standard InChI is InChI=1S/C16H22O3/c1-2-3-4-5-6-7-8-13-19-16(18)14-9-11-15(17)12-10-14/h7-12,17H,2-6,13H2,1H3/b8-7+. The fourth-order valence-corrected chi connectivity index (χ4v) is 1.68. The number of rotatable bonds is 8. The lowest BCUT2D eigenvalue weighted by Crippen LogP contribution is -2.04. The first-order valence-electron chi connectivity index (χ1n) is 6.85. The quantitative estimate of drug-likeness (QED) is 0.436. The Kier molecular flexibility index (Phi) is 7.40. The number of ether oxygens (including phenoxy) is 1. The topological polar surface area (TPSA) is 46.5 Å². The Morgan fingerprint density at radius 3 is 2.58 bits per heavy atom. The highest BCUT2D eigenvalue weighted by Crippen LogP contribution is 2.10.